The smallest absolute Gasteiger partial charge is 0.00849 e. The molecule has 0 nitrogen and oxygen atoms in total. The van der Waals surface area contributed by atoms with Gasteiger partial charge in [0.2, 0.25) is 0 Å². The van der Waals surface area contributed by atoms with Gasteiger partial charge in [-0.15, -0.1) is 19.7 Å². The molecule has 0 saturated heterocycles. The predicted molar refractivity (Wildman–Crippen MR) is 173 cm³/mol. The molecular weight excluding hydrogens is 456 g/mol. The van der Waals surface area contributed by atoms with Gasteiger partial charge >= 0.3 is 0 Å². The highest BCUT2D eigenvalue weighted by Crippen LogP contribution is 2.65. The lowest BCUT2D eigenvalue weighted by molar-refractivity contribution is 0.0481. The van der Waals surface area contributed by atoms with Crippen molar-refractivity contribution < 1.29 is 0 Å². The normalized spacial score (nSPS) is 26.0. The van der Waals surface area contributed by atoms with Crippen LogP contribution in [0.2, 0.25) is 0 Å². The molecular formula is C38H58. The van der Waals surface area contributed by atoms with Crippen molar-refractivity contribution in [2.24, 2.45) is 23.2 Å². The average Bonchev–Trinajstić information content (AvgIpc) is 3.25. The van der Waals surface area contributed by atoms with Gasteiger partial charge in [-0.25, -0.2) is 0 Å². The second-order valence-corrected chi connectivity index (χ2v) is 10.8. The Hall–Kier alpha value is -2.34. The van der Waals surface area contributed by atoms with E-state index in [0.29, 0.717) is 5.41 Å². The zero-order valence-electron chi connectivity index (χ0n) is 26.0. The molecule has 0 N–H and O–H groups in total. The molecule has 210 valence electrons. The summed E-state index contributed by atoms with van der Waals surface area (Å²) in [5, 5.41) is 0. The van der Waals surface area contributed by atoms with Crippen LogP contribution in [-0.2, 0) is 12.8 Å². The quantitative estimate of drug-likeness (QED) is 0.356. The zero-order chi connectivity index (χ0) is 28.7. The molecule has 0 bridgehead atoms. The van der Waals surface area contributed by atoms with Crippen LogP contribution in [0.5, 0.6) is 0 Å². The SMILES string of the molecule is C=C.C=CCCC1CC(=C)C2(C)CCC3c4ccc(C)cc4CCC3C12.CC.CC.CCc1ccccc1. The fourth-order valence-corrected chi connectivity index (χ4v) is 7.25. The van der Waals surface area contributed by atoms with Gasteiger partial charge < -0.3 is 0 Å². The second kappa shape index (κ2) is 17.3. The highest BCUT2D eigenvalue weighted by Gasteiger charge is 2.55. The Morgan fingerprint density at radius 2 is 1.63 bits per heavy atom. The van der Waals surface area contributed by atoms with Gasteiger partial charge in [0.05, 0.1) is 0 Å². The van der Waals surface area contributed by atoms with Crippen molar-refractivity contribution in [3.05, 3.63) is 109 Å². The molecule has 2 saturated carbocycles. The van der Waals surface area contributed by atoms with E-state index in [1.54, 1.807) is 16.7 Å². The standard InChI is InChI=1S/C24H32.C8H10.2C2H6.C2H4/c1-5-6-7-19-15-17(3)24(4)13-12-21-20-10-8-16(2)14-18(20)9-11-22(21)23(19)24;1-2-8-6-4-3-5-7-8;3*1-2/h5,8,10,14,19,21-23H,1,3,6-7,9,11-13,15H2,2,4H3;3-7H,2H2,1H3;2*1-2H3;1-2H2. The van der Waals surface area contributed by atoms with Crippen LogP contribution in [0.3, 0.4) is 0 Å². The molecule has 5 unspecified atom stereocenters. The molecule has 3 aliphatic carbocycles. The molecule has 2 fully saturated rings. The van der Waals surface area contributed by atoms with E-state index < -0.39 is 0 Å². The Labute approximate surface area is 237 Å². The van der Waals surface area contributed by atoms with Gasteiger partial charge in [0.15, 0.2) is 0 Å². The second-order valence-electron chi connectivity index (χ2n) is 10.8. The van der Waals surface area contributed by atoms with Gasteiger partial charge in [0.1, 0.15) is 0 Å². The number of fused-ring (bicyclic) bond motifs is 5. The van der Waals surface area contributed by atoms with Crippen LogP contribution < -0.4 is 0 Å². The van der Waals surface area contributed by atoms with Gasteiger partial charge in [-0.2, -0.15) is 0 Å². The van der Waals surface area contributed by atoms with E-state index in [1.165, 1.54) is 49.7 Å². The predicted octanol–water partition coefficient (Wildman–Crippen LogP) is 11.7. The number of hydrogen-bond acceptors (Lipinski definition) is 0. The van der Waals surface area contributed by atoms with Crippen molar-refractivity contribution in [3.63, 3.8) is 0 Å². The maximum absolute atomic E-state index is 4.54. The van der Waals surface area contributed by atoms with Crippen LogP contribution in [-0.4, -0.2) is 0 Å². The van der Waals surface area contributed by atoms with Crippen molar-refractivity contribution in [2.45, 2.75) is 106 Å². The number of rotatable bonds is 4. The van der Waals surface area contributed by atoms with Crippen LogP contribution in [0, 0.1) is 30.1 Å². The van der Waals surface area contributed by atoms with Gasteiger partial charge in [-0.1, -0.05) is 114 Å². The van der Waals surface area contributed by atoms with E-state index in [2.05, 4.69) is 95.6 Å². The average molecular weight is 515 g/mol. The Morgan fingerprint density at radius 3 is 2.21 bits per heavy atom. The summed E-state index contributed by atoms with van der Waals surface area (Å²) < 4.78 is 0. The van der Waals surface area contributed by atoms with E-state index >= 15 is 0 Å². The summed E-state index contributed by atoms with van der Waals surface area (Å²) in [6.07, 6.45) is 12.4. The number of hydrogen-bond donors (Lipinski definition) is 0. The number of allylic oxidation sites excluding steroid dienone is 2. The van der Waals surface area contributed by atoms with Crippen molar-refractivity contribution >= 4 is 0 Å². The van der Waals surface area contributed by atoms with E-state index in [0.717, 1.165) is 36.5 Å². The van der Waals surface area contributed by atoms with Crippen LogP contribution in [0.25, 0.3) is 0 Å². The Balaban J connectivity index is 0.000000433. The summed E-state index contributed by atoms with van der Waals surface area (Å²) in [5.74, 6) is 3.34. The number of benzene rings is 2. The zero-order valence-corrected chi connectivity index (χ0v) is 26.0. The first-order chi connectivity index (χ1) is 18.5. The molecule has 0 spiro atoms. The maximum Gasteiger partial charge on any atom is -0.00849 e. The molecule has 38 heavy (non-hydrogen) atoms. The fraction of sp³-hybridized carbons (Fsp3) is 0.526. The molecule has 0 aliphatic heterocycles. The summed E-state index contributed by atoms with van der Waals surface area (Å²) in [4.78, 5) is 0. The first-order valence-electron chi connectivity index (χ1n) is 15.4. The van der Waals surface area contributed by atoms with Gasteiger partial charge in [-0.05, 0) is 104 Å². The van der Waals surface area contributed by atoms with Crippen molar-refractivity contribution in [1.29, 1.82) is 0 Å². The highest BCUT2D eigenvalue weighted by molar-refractivity contribution is 5.39. The topological polar surface area (TPSA) is 0 Å². The lowest BCUT2D eigenvalue weighted by Crippen LogP contribution is -2.42. The molecule has 0 radical (unpaired) electrons. The summed E-state index contributed by atoms with van der Waals surface area (Å²) >= 11 is 0. The van der Waals surface area contributed by atoms with Crippen LogP contribution in [0.15, 0.2) is 86.5 Å². The Bertz CT molecular complexity index is 951. The largest absolute Gasteiger partial charge is 0.106 e. The van der Waals surface area contributed by atoms with E-state index in [9.17, 15) is 0 Å². The van der Waals surface area contributed by atoms with Crippen molar-refractivity contribution in [2.75, 3.05) is 0 Å². The molecule has 5 rings (SSSR count). The molecule has 0 heteroatoms. The Kier molecular flexibility index (Phi) is 15.3. The summed E-state index contributed by atoms with van der Waals surface area (Å²) in [5.41, 5.74) is 8.10. The first kappa shape index (κ1) is 33.7. The molecule has 0 aromatic heterocycles. The van der Waals surface area contributed by atoms with Crippen LogP contribution >= 0.6 is 0 Å². The van der Waals surface area contributed by atoms with Gasteiger partial charge in [0.25, 0.3) is 0 Å². The summed E-state index contributed by atoms with van der Waals surface area (Å²) in [6, 6.07) is 17.7. The maximum atomic E-state index is 4.54. The van der Waals surface area contributed by atoms with Gasteiger partial charge in [-0.3, -0.25) is 0 Å². The Morgan fingerprint density at radius 1 is 0.974 bits per heavy atom. The fourth-order valence-electron chi connectivity index (χ4n) is 7.25. The molecule has 2 aromatic rings. The lowest BCUT2D eigenvalue weighted by Gasteiger charge is -2.51. The van der Waals surface area contributed by atoms with Crippen LogP contribution in [0.1, 0.15) is 108 Å². The molecule has 0 amide bonds. The molecule has 3 aliphatic rings. The molecule has 2 aromatic carbocycles. The van der Waals surface area contributed by atoms with Crippen molar-refractivity contribution in [1.82, 2.24) is 0 Å². The van der Waals surface area contributed by atoms with Crippen molar-refractivity contribution in [3.8, 4) is 0 Å². The molecule has 0 heterocycles. The minimum atomic E-state index is 0.398. The highest BCUT2D eigenvalue weighted by atomic mass is 14.6. The van der Waals surface area contributed by atoms with E-state index in [4.69, 9.17) is 0 Å². The third kappa shape index (κ3) is 7.84. The van der Waals surface area contributed by atoms with E-state index in [1.807, 2.05) is 33.8 Å². The summed E-state index contributed by atoms with van der Waals surface area (Å²) in [7, 11) is 0. The molecule has 5 atom stereocenters. The van der Waals surface area contributed by atoms with E-state index in [-0.39, 0.29) is 0 Å². The number of aryl methyl sites for hydroxylation is 3. The summed E-state index contributed by atoms with van der Waals surface area (Å²) in [6.45, 7) is 29.4. The lowest BCUT2D eigenvalue weighted by atomic mass is 9.53. The first-order valence-corrected chi connectivity index (χ1v) is 15.4. The minimum Gasteiger partial charge on any atom is -0.106 e. The van der Waals surface area contributed by atoms with Gasteiger partial charge in [0, 0.05) is 0 Å². The third-order valence-corrected chi connectivity index (χ3v) is 8.95. The third-order valence-electron chi connectivity index (χ3n) is 8.95. The minimum absolute atomic E-state index is 0.398. The van der Waals surface area contributed by atoms with Crippen LogP contribution in [0.4, 0.5) is 0 Å². The monoisotopic (exact) mass is 514 g/mol.